The standard InChI is InChI=1S/C15H19NOSi/c1-18(2,3)13-8-9-14(17)16-10-11-6-4-5-7-12(11)15(13)16/h4-7H,8-10H2,1-3H3. The molecule has 94 valence electrons. The Morgan fingerprint density at radius 2 is 1.83 bits per heavy atom. The van der Waals surface area contributed by atoms with Gasteiger partial charge in [-0.2, -0.15) is 0 Å². The number of fused-ring (bicyclic) bond motifs is 3. The molecule has 2 heterocycles. The van der Waals surface area contributed by atoms with Gasteiger partial charge in [0.05, 0.1) is 14.6 Å². The molecule has 0 unspecified atom stereocenters. The summed E-state index contributed by atoms with van der Waals surface area (Å²) in [6, 6.07) is 8.46. The van der Waals surface area contributed by atoms with Crippen molar-refractivity contribution in [1.82, 2.24) is 4.90 Å². The zero-order valence-electron chi connectivity index (χ0n) is 11.3. The van der Waals surface area contributed by atoms with Crippen molar-refractivity contribution < 1.29 is 4.79 Å². The van der Waals surface area contributed by atoms with E-state index >= 15 is 0 Å². The fourth-order valence-electron chi connectivity index (χ4n) is 3.04. The molecule has 1 aromatic rings. The minimum Gasteiger partial charge on any atom is -0.308 e. The Morgan fingerprint density at radius 1 is 1.11 bits per heavy atom. The predicted molar refractivity (Wildman–Crippen MR) is 76.5 cm³/mol. The summed E-state index contributed by atoms with van der Waals surface area (Å²) in [7, 11) is -1.35. The van der Waals surface area contributed by atoms with Crippen LogP contribution >= 0.6 is 0 Å². The van der Waals surface area contributed by atoms with Gasteiger partial charge in [-0.3, -0.25) is 4.79 Å². The van der Waals surface area contributed by atoms with E-state index in [0.717, 1.165) is 13.0 Å². The maximum atomic E-state index is 12.1. The third-order valence-corrected chi connectivity index (χ3v) is 6.25. The summed E-state index contributed by atoms with van der Waals surface area (Å²) >= 11 is 0. The van der Waals surface area contributed by atoms with E-state index in [0.29, 0.717) is 12.3 Å². The molecule has 0 aliphatic carbocycles. The van der Waals surface area contributed by atoms with E-state index in [1.165, 1.54) is 16.8 Å². The van der Waals surface area contributed by atoms with Crippen molar-refractivity contribution in [2.24, 2.45) is 0 Å². The number of rotatable bonds is 1. The molecule has 0 fully saturated rings. The molecule has 2 aliphatic rings. The number of nitrogens with zero attached hydrogens (tertiary/aromatic N) is 1. The molecule has 1 amide bonds. The number of hydrogen-bond acceptors (Lipinski definition) is 1. The highest BCUT2D eigenvalue weighted by Gasteiger charge is 2.37. The lowest BCUT2D eigenvalue weighted by molar-refractivity contribution is -0.128. The van der Waals surface area contributed by atoms with Crippen LogP contribution in [-0.4, -0.2) is 18.9 Å². The average Bonchev–Trinajstić information content (AvgIpc) is 2.68. The number of hydrogen-bond donors (Lipinski definition) is 0. The topological polar surface area (TPSA) is 20.3 Å². The average molecular weight is 257 g/mol. The zero-order chi connectivity index (χ0) is 12.9. The van der Waals surface area contributed by atoms with Crippen molar-refractivity contribution >= 4 is 19.7 Å². The van der Waals surface area contributed by atoms with Crippen LogP contribution in [0.5, 0.6) is 0 Å². The molecule has 18 heavy (non-hydrogen) atoms. The van der Waals surface area contributed by atoms with Crippen LogP contribution in [0.25, 0.3) is 5.70 Å². The minimum atomic E-state index is -1.35. The fraction of sp³-hybridized carbons (Fsp3) is 0.400. The number of carbonyl (C=O) groups excluding carboxylic acids is 1. The lowest BCUT2D eigenvalue weighted by atomic mass is 10.1. The summed E-state index contributed by atoms with van der Waals surface area (Å²) in [5, 5.41) is 1.56. The Kier molecular flexibility index (Phi) is 2.49. The highest BCUT2D eigenvalue weighted by Crippen LogP contribution is 2.42. The van der Waals surface area contributed by atoms with Crippen LogP contribution in [0.4, 0.5) is 0 Å². The molecule has 0 aromatic heterocycles. The van der Waals surface area contributed by atoms with Gasteiger partial charge in [0, 0.05) is 17.7 Å². The lowest BCUT2D eigenvalue weighted by Gasteiger charge is -2.32. The van der Waals surface area contributed by atoms with Crippen LogP contribution in [0, 0.1) is 0 Å². The van der Waals surface area contributed by atoms with Gasteiger partial charge >= 0.3 is 0 Å². The molecule has 0 radical (unpaired) electrons. The maximum absolute atomic E-state index is 12.1. The van der Waals surface area contributed by atoms with E-state index in [9.17, 15) is 4.79 Å². The Morgan fingerprint density at radius 3 is 2.56 bits per heavy atom. The summed E-state index contributed by atoms with van der Waals surface area (Å²) < 4.78 is 0. The second-order valence-electron chi connectivity index (χ2n) is 6.21. The smallest absolute Gasteiger partial charge is 0.227 e. The van der Waals surface area contributed by atoms with Crippen molar-refractivity contribution in [3.8, 4) is 0 Å². The van der Waals surface area contributed by atoms with E-state index in [4.69, 9.17) is 0 Å². The minimum absolute atomic E-state index is 0.295. The molecular formula is C15H19NOSi. The Balaban J connectivity index is 2.24. The molecule has 2 nitrogen and oxygen atoms in total. The van der Waals surface area contributed by atoms with Crippen LogP contribution in [0.2, 0.25) is 19.6 Å². The predicted octanol–water partition coefficient (Wildman–Crippen LogP) is 3.41. The van der Waals surface area contributed by atoms with Gasteiger partial charge in [-0.25, -0.2) is 0 Å². The first kappa shape index (κ1) is 11.7. The van der Waals surface area contributed by atoms with Crippen LogP contribution in [0.15, 0.2) is 29.5 Å². The van der Waals surface area contributed by atoms with E-state index in [1.54, 1.807) is 5.20 Å². The van der Waals surface area contributed by atoms with E-state index < -0.39 is 8.07 Å². The lowest BCUT2D eigenvalue weighted by Crippen LogP contribution is -2.36. The maximum Gasteiger partial charge on any atom is 0.227 e. The molecule has 0 saturated heterocycles. The zero-order valence-corrected chi connectivity index (χ0v) is 12.3. The van der Waals surface area contributed by atoms with Gasteiger partial charge in [0.15, 0.2) is 0 Å². The van der Waals surface area contributed by atoms with Crippen molar-refractivity contribution in [1.29, 1.82) is 0 Å². The van der Waals surface area contributed by atoms with E-state index in [2.05, 4.69) is 43.9 Å². The van der Waals surface area contributed by atoms with Crippen LogP contribution < -0.4 is 0 Å². The first-order valence-electron chi connectivity index (χ1n) is 6.61. The Hall–Kier alpha value is -1.35. The van der Waals surface area contributed by atoms with Crippen LogP contribution in [-0.2, 0) is 11.3 Å². The molecule has 1 aromatic carbocycles. The molecule has 0 spiro atoms. The van der Waals surface area contributed by atoms with Gasteiger partial charge in [0.1, 0.15) is 0 Å². The van der Waals surface area contributed by atoms with Crippen molar-refractivity contribution in [3.05, 3.63) is 40.6 Å². The molecular weight excluding hydrogens is 238 g/mol. The molecule has 0 bridgehead atoms. The Labute approximate surface area is 109 Å². The van der Waals surface area contributed by atoms with E-state index in [1.807, 2.05) is 4.90 Å². The Bertz CT molecular complexity index is 554. The molecule has 0 N–H and O–H groups in total. The molecule has 3 heteroatoms. The van der Waals surface area contributed by atoms with Gasteiger partial charge in [0.2, 0.25) is 5.91 Å². The van der Waals surface area contributed by atoms with E-state index in [-0.39, 0.29) is 0 Å². The number of allylic oxidation sites excluding steroid dienone is 1. The van der Waals surface area contributed by atoms with Gasteiger partial charge < -0.3 is 4.90 Å². The first-order chi connectivity index (χ1) is 8.48. The van der Waals surface area contributed by atoms with Crippen LogP contribution in [0.3, 0.4) is 0 Å². The second kappa shape index (κ2) is 3.82. The highest BCUT2D eigenvalue weighted by molar-refractivity contribution is 6.84. The third-order valence-electron chi connectivity index (χ3n) is 3.95. The summed E-state index contributed by atoms with van der Waals surface area (Å²) in [4.78, 5) is 14.1. The van der Waals surface area contributed by atoms with Gasteiger partial charge in [0.25, 0.3) is 0 Å². The monoisotopic (exact) mass is 257 g/mol. The van der Waals surface area contributed by atoms with Crippen molar-refractivity contribution in [2.45, 2.75) is 39.0 Å². The summed E-state index contributed by atoms with van der Waals surface area (Å²) in [5.74, 6) is 0.295. The quantitative estimate of drug-likeness (QED) is 0.706. The summed E-state index contributed by atoms with van der Waals surface area (Å²) in [5.41, 5.74) is 3.85. The van der Waals surface area contributed by atoms with Crippen molar-refractivity contribution in [3.63, 3.8) is 0 Å². The molecule has 0 atom stereocenters. The first-order valence-corrected chi connectivity index (χ1v) is 10.1. The second-order valence-corrected chi connectivity index (χ2v) is 11.3. The third kappa shape index (κ3) is 1.65. The van der Waals surface area contributed by atoms with Crippen LogP contribution in [0.1, 0.15) is 24.0 Å². The highest BCUT2D eigenvalue weighted by atomic mass is 28.3. The van der Waals surface area contributed by atoms with Gasteiger partial charge in [-0.05, 0) is 12.0 Å². The molecule has 0 saturated carbocycles. The summed E-state index contributed by atoms with van der Waals surface area (Å²) in [6.07, 6.45) is 1.66. The molecule has 3 rings (SSSR count). The summed E-state index contributed by atoms with van der Waals surface area (Å²) in [6.45, 7) is 7.91. The normalized spacial score (nSPS) is 19.1. The number of carbonyl (C=O) groups is 1. The largest absolute Gasteiger partial charge is 0.308 e. The van der Waals surface area contributed by atoms with Gasteiger partial charge in [-0.15, -0.1) is 0 Å². The van der Waals surface area contributed by atoms with Gasteiger partial charge in [-0.1, -0.05) is 49.1 Å². The number of amides is 1. The SMILES string of the molecule is C[Si](C)(C)C1=C2c3ccccc3CN2C(=O)CC1. The van der Waals surface area contributed by atoms with Crippen molar-refractivity contribution in [2.75, 3.05) is 0 Å². The number of benzene rings is 1. The molecule has 2 aliphatic heterocycles. The fourth-order valence-corrected chi connectivity index (χ4v) is 4.89.